The first-order valence-electron chi connectivity index (χ1n) is 11.7. The van der Waals surface area contributed by atoms with Gasteiger partial charge in [-0.3, -0.25) is 9.89 Å². The Morgan fingerprint density at radius 1 is 1.23 bits per heavy atom. The van der Waals surface area contributed by atoms with Crippen LogP contribution in [0.2, 0.25) is 0 Å². The van der Waals surface area contributed by atoms with Crippen molar-refractivity contribution in [1.82, 2.24) is 20.5 Å². The summed E-state index contributed by atoms with van der Waals surface area (Å²) in [6.45, 7) is 16.4. The molecule has 0 amide bonds. The zero-order valence-corrected chi connectivity index (χ0v) is 19.3. The van der Waals surface area contributed by atoms with Crippen LogP contribution in [0.5, 0.6) is 0 Å². The zero-order valence-electron chi connectivity index (χ0n) is 19.3. The Morgan fingerprint density at radius 2 is 2.00 bits per heavy atom. The van der Waals surface area contributed by atoms with E-state index in [0.29, 0.717) is 24.0 Å². The summed E-state index contributed by atoms with van der Waals surface area (Å²) in [5.74, 6) is 4.01. The molecule has 3 aliphatic rings. The Kier molecular flexibility index (Phi) is 6.39. The second kappa shape index (κ2) is 8.87. The van der Waals surface area contributed by atoms with Gasteiger partial charge in [-0.1, -0.05) is 13.8 Å². The quantitative estimate of drug-likeness (QED) is 0.548. The minimum atomic E-state index is 0.166. The van der Waals surface area contributed by atoms with Gasteiger partial charge in [0, 0.05) is 37.1 Å². The van der Waals surface area contributed by atoms with Crippen LogP contribution in [-0.2, 0) is 11.3 Å². The third kappa shape index (κ3) is 4.37. The van der Waals surface area contributed by atoms with E-state index < -0.39 is 0 Å². The van der Waals surface area contributed by atoms with Crippen LogP contribution < -0.4 is 10.6 Å². The van der Waals surface area contributed by atoms with Gasteiger partial charge in [0.15, 0.2) is 5.96 Å². The van der Waals surface area contributed by atoms with E-state index in [1.807, 2.05) is 13.8 Å². The lowest BCUT2D eigenvalue weighted by molar-refractivity contribution is -0.106. The molecule has 3 unspecified atom stereocenters. The van der Waals surface area contributed by atoms with E-state index in [-0.39, 0.29) is 5.41 Å². The summed E-state index contributed by atoms with van der Waals surface area (Å²) in [6.07, 6.45) is 3.91. The first-order chi connectivity index (χ1) is 14.4. The Hall–Kier alpha value is -1.60. The van der Waals surface area contributed by atoms with Gasteiger partial charge in [-0.25, -0.2) is 4.98 Å². The van der Waals surface area contributed by atoms with Crippen LogP contribution in [0.4, 0.5) is 0 Å². The van der Waals surface area contributed by atoms with Gasteiger partial charge in [-0.2, -0.15) is 0 Å². The molecule has 3 atom stereocenters. The highest BCUT2D eigenvalue weighted by Gasteiger charge is 2.59. The van der Waals surface area contributed by atoms with Crippen molar-refractivity contribution in [2.45, 2.75) is 72.6 Å². The molecule has 0 bridgehead atoms. The average Bonchev–Trinajstić information content (AvgIpc) is 3.30. The summed E-state index contributed by atoms with van der Waals surface area (Å²) in [5, 5.41) is 7.19. The number of nitrogens with one attached hydrogen (secondary N) is 2. The number of hydrogen-bond acceptors (Lipinski definition) is 5. The summed E-state index contributed by atoms with van der Waals surface area (Å²) in [7, 11) is 0. The largest absolute Gasteiger partial charge is 0.444 e. The molecule has 2 saturated heterocycles. The van der Waals surface area contributed by atoms with E-state index in [9.17, 15) is 0 Å². The Bertz CT molecular complexity index is 731. The van der Waals surface area contributed by atoms with Gasteiger partial charge in [0.2, 0.25) is 5.89 Å². The van der Waals surface area contributed by atoms with Gasteiger partial charge in [-0.05, 0) is 59.0 Å². The highest BCUT2D eigenvalue weighted by atomic mass is 16.5. The predicted molar refractivity (Wildman–Crippen MR) is 119 cm³/mol. The van der Waals surface area contributed by atoms with Gasteiger partial charge in [0.05, 0.1) is 18.3 Å². The molecule has 168 valence electrons. The summed E-state index contributed by atoms with van der Waals surface area (Å²) >= 11 is 0. The first-order valence-corrected chi connectivity index (χ1v) is 11.7. The minimum Gasteiger partial charge on any atom is -0.444 e. The van der Waals surface area contributed by atoms with Gasteiger partial charge in [-0.15, -0.1) is 0 Å². The van der Waals surface area contributed by atoms with Crippen molar-refractivity contribution in [3.8, 4) is 0 Å². The van der Waals surface area contributed by atoms with Crippen LogP contribution in [0, 0.1) is 31.1 Å². The number of nitrogens with zero attached hydrogens (tertiary/aromatic N) is 3. The van der Waals surface area contributed by atoms with Crippen molar-refractivity contribution in [2.75, 3.05) is 32.8 Å². The molecule has 7 nitrogen and oxygen atoms in total. The molecule has 7 heteroatoms. The molecule has 2 aliphatic heterocycles. The number of aliphatic imine (C=N–C) groups is 1. The van der Waals surface area contributed by atoms with Crippen LogP contribution in [0.15, 0.2) is 9.41 Å². The SMILES string of the molecule is CCNC(=NCC1CCN(Cc2nc(C)c(C)o2)CC1)NC1C2CCOC2C1(C)C. The van der Waals surface area contributed by atoms with Crippen LogP contribution in [0.1, 0.15) is 57.4 Å². The van der Waals surface area contributed by atoms with Crippen LogP contribution >= 0.6 is 0 Å². The molecule has 0 radical (unpaired) electrons. The van der Waals surface area contributed by atoms with Gasteiger partial charge < -0.3 is 19.8 Å². The maximum Gasteiger partial charge on any atom is 0.208 e. The van der Waals surface area contributed by atoms with Crippen molar-refractivity contribution >= 4 is 5.96 Å². The van der Waals surface area contributed by atoms with E-state index >= 15 is 0 Å². The molecule has 1 aromatic heterocycles. The molecule has 1 saturated carbocycles. The lowest BCUT2D eigenvalue weighted by Gasteiger charge is -2.55. The molecule has 3 heterocycles. The smallest absolute Gasteiger partial charge is 0.208 e. The number of likely N-dealkylation sites (tertiary alicyclic amines) is 1. The Morgan fingerprint density at radius 3 is 2.67 bits per heavy atom. The van der Waals surface area contributed by atoms with Crippen LogP contribution in [0.3, 0.4) is 0 Å². The van der Waals surface area contributed by atoms with E-state index in [0.717, 1.165) is 69.1 Å². The fraction of sp³-hybridized carbons (Fsp3) is 0.826. The Labute approximate surface area is 181 Å². The molecule has 4 rings (SSSR count). The molecular weight excluding hydrogens is 378 g/mol. The average molecular weight is 418 g/mol. The molecule has 1 aromatic rings. The van der Waals surface area contributed by atoms with Crippen molar-refractivity contribution in [3.05, 3.63) is 17.3 Å². The second-order valence-corrected chi connectivity index (χ2v) is 9.88. The molecule has 2 N–H and O–H groups in total. The number of piperidine rings is 1. The molecule has 3 fully saturated rings. The number of oxazole rings is 1. The van der Waals surface area contributed by atoms with E-state index in [4.69, 9.17) is 14.1 Å². The summed E-state index contributed by atoms with van der Waals surface area (Å²) in [6, 6.07) is 0.442. The van der Waals surface area contributed by atoms with Crippen molar-refractivity contribution in [1.29, 1.82) is 0 Å². The maximum absolute atomic E-state index is 5.94. The van der Waals surface area contributed by atoms with E-state index in [1.54, 1.807) is 0 Å². The molecule has 0 aromatic carbocycles. The summed E-state index contributed by atoms with van der Waals surface area (Å²) in [4.78, 5) is 11.9. The third-order valence-electron chi connectivity index (χ3n) is 7.38. The number of rotatable bonds is 6. The fourth-order valence-corrected chi connectivity index (χ4v) is 5.43. The normalized spacial score (nSPS) is 29.5. The summed E-state index contributed by atoms with van der Waals surface area (Å²) in [5.41, 5.74) is 1.17. The number of guanidine groups is 1. The highest BCUT2D eigenvalue weighted by Crippen LogP contribution is 2.52. The second-order valence-electron chi connectivity index (χ2n) is 9.88. The molecule has 30 heavy (non-hydrogen) atoms. The number of aromatic nitrogens is 1. The zero-order chi connectivity index (χ0) is 21.3. The lowest BCUT2D eigenvalue weighted by atomic mass is 9.57. The van der Waals surface area contributed by atoms with Gasteiger partial charge in [0.1, 0.15) is 5.76 Å². The molecule has 1 aliphatic carbocycles. The lowest BCUT2D eigenvalue weighted by Crippen LogP contribution is -2.68. The first kappa shape index (κ1) is 21.6. The molecule has 0 spiro atoms. The number of fused-ring (bicyclic) bond motifs is 1. The van der Waals surface area contributed by atoms with Crippen molar-refractivity contribution in [3.63, 3.8) is 0 Å². The van der Waals surface area contributed by atoms with Crippen LogP contribution in [0.25, 0.3) is 0 Å². The fourth-order valence-electron chi connectivity index (χ4n) is 5.43. The van der Waals surface area contributed by atoms with Gasteiger partial charge >= 0.3 is 0 Å². The number of hydrogen-bond donors (Lipinski definition) is 2. The van der Waals surface area contributed by atoms with Crippen molar-refractivity contribution in [2.24, 2.45) is 22.2 Å². The maximum atomic E-state index is 5.94. The van der Waals surface area contributed by atoms with E-state index in [2.05, 4.69) is 41.3 Å². The number of ether oxygens (including phenoxy) is 1. The minimum absolute atomic E-state index is 0.166. The highest BCUT2D eigenvalue weighted by molar-refractivity contribution is 5.80. The van der Waals surface area contributed by atoms with Crippen molar-refractivity contribution < 1.29 is 9.15 Å². The summed E-state index contributed by atoms with van der Waals surface area (Å²) < 4.78 is 11.7. The van der Waals surface area contributed by atoms with E-state index in [1.165, 1.54) is 12.8 Å². The number of aryl methyl sites for hydroxylation is 2. The van der Waals surface area contributed by atoms with Gasteiger partial charge in [0.25, 0.3) is 0 Å². The molecular formula is C23H39N5O2. The Balaban J connectivity index is 1.27. The topological polar surface area (TPSA) is 74.9 Å². The van der Waals surface area contributed by atoms with Crippen LogP contribution in [-0.4, -0.2) is 60.8 Å². The monoisotopic (exact) mass is 417 g/mol. The predicted octanol–water partition coefficient (Wildman–Crippen LogP) is 2.87. The standard InChI is InChI=1S/C23H39N5O2/c1-6-24-22(27-20-18-9-12-29-21(18)23(20,4)5)25-13-17-7-10-28(11-8-17)14-19-26-15(2)16(3)30-19/h17-18,20-21H,6-14H2,1-5H3,(H2,24,25,27). The third-order valence-corrected chi connectivity index (χ3v) is 7.38.